The zero-order chi connectivity index (χ0) is 14.4. The average Bonchev–Trinajstić information content (AvgIpc) is 2.48. The molecule has 104 valence electrons. The smallest absolute Gasteiger partial charge is 0.323 e. The number of pyridine rings is 1. The third-order valence-electron chi connectivity index (χ3n) is 2.60. The van der Waals surface area contributed by atoms with Crippen molar-refractivity contribution in [3.63, 3.8) is 0 Å². The van der Waals surface area contributed by atoms with Crippen LogP contribution >= 0.6 is 0 Å². The number of rotatable bonds is 4. The largest absolute Gasteiger partial charge is 0.495 e. The molecule has 0 spiro atoms. The third-order valence-corrected chi connectivity index (χ3v) is 2.60. The Hall–Kier alpha value is -2.76. The molecule has 1 aromatic carbocycles. The van der Waals surface area contributed by atoms with Gasteiger partial charge in [-0.15, -0.1) is 0 Å². The predicted molar refractivity (Wildman–Crippen MR) is 76.4 cm³/mol. The molecule has 2 aromatic rings. The molecule has 1 aromatic heterocycles. The Morgan fingerprint density at radius 1 is 1.00 bits per heavy atom. The first-order chi connectivity index (χ1) is 9.74. The fraction of sp³-hybridized carbons (Fsp3) is 0.143. The van der Waals surface area contributed by atoms with Gasteiger partial charge in [0.2, 0.25) is 0 Å². The Morgan fingerprint density at radius 2 is 1.65 bits per heavy atom. The molecule has 6 nitrogen and oxygen atoms in total. The van der Waals surface area contributed by atoms with E-state index in [1.54, 1.807) is 31.5 Å². The molecule has 2 rings (SSSR count). The van der Waals surface area contributed by atoms with Gasteiger partial charge in [0.15, 0.2) is 0 Å². The van der Waals surface area contributed by atoms with Gasteiger partial charge in [-0.25, -0.2) is 4.79 Å². The first-order valence-corrected chi connectivity index (χ1v) is 5.93. The van der Waals surface area contributed by atoms with E-state index >= 15 is 0 Å². The number of carbonyl (C=O) groups excluding carboxylic acids is 1. The molecule has 0 aliphatic rings. The first kappa shape index (κ1) is 13.7. The van der Waals surface area contributed by atoms with E-state index in [4.69, 9.17) is 9.47 Å². The van der Waals surface area contributed by atoms with Crippen molar-refractivity contribution in [2.24, 2.45) is 0 Å². The van der Waals surface area contributed by atoms with Crippen LogP contribution in [0.4, 0.5) is 16.2 Å². The minimum absolute atomic E-state index is 0.402. The SMILES string of the molecule is COc1ccccc1NC(=O)Nc1cnccc1OC. The summed E-state index contributed by atoms with van der Waals surface area (Å²) in [6.45, 7) is 0. The van der Waals surface area contributed by atoms with Crippen LogP contribution in [0, 0.1) is 0 Å². The summed E-state index contributed by atoms with van der Waals surface area (Å²) in [5.41, 5.74) is 1.07. The van der Waals surface area contributed by atoms with Gasteiger partial charge in [0, 0.05) is 12.3 Å². The van der Waals surface area contributed by atoms with Crippen molar-refractivity contribution in [1.29, 1.82) is 0 Å². The van der Waals surface area contributed by atoms with E-state index in [-0.39, 0.29) is 0 Å². The normalized spacial score (nSPS) is 9.70. The van der Waals surface area contributed by atoms with Crippen LogP contribution in [0.5, 0.6) is 11.5 Å². The minimum atomic E-state index is -0.402. The maximum Gasteiger partial charge on any atom is 0.323 e. The molecule has 0 saturated carbocycles. The molecule has 0 bridgehead atoms. The lowest BCUT2D eigenvalue weighted by molar-refractivity contribution is 0.262. The Bertz CT molecular complexity index is 550. The van der Waals surface area contributed by atoms with Gasteiger partial charge < -0.3 is 20.1 Å². The standard InChI is InChI=1S/C14H15N3O3/c1-19-12-6-4-3-5-10(12)16-14(18)17-11-9-15-8-7-13(11)20-2/h3-9H,1-2H3,(H2,16,17,18). The number of hydrogen-bond donors (Lipinski definition) is 2. The van der Waals surface area contributed by atoms with Crippen LogP contribution in [0.3, 0.4) is 0 Å². The molecular formula is C14H15N3O3. The molecule has 0 aliphatic carbocycles. The Morgan fingerprint density at radius 3 is 2.40 bits per heavy atom. The van der Waals surface area contributed by atoms with E-state index in [1.807, 2.05) is 12.1 Å². The third kappa shape index (κ3) is 3.17. The summed E-state index contributed by atoms with van der Waals surface area (Å²) in [4.78, 5) is 15.9. The summed E-state index contributed by atoms with van der Waals surface area (Å²) in [6.07, 6.45) is 3.10. The van der Waals surface area contributed by atoms with E-state index in [0.29, 0.717) is 22.9 Å². The second-order valence-corrected chi connectivity index (χ2v) is 3.86. The number of hydrogen-bond acceptors (Lipinski definition) is 4. The van der Waals surface area contributed by atoms with Crippen molar-refractivity contribution < 1.29 is 14.3 Å². The molecule has 0 aliphatic heterocycles. The maximum atomic E-state index is 12.0. The lowest BCUT2D eigenvalue weighted by Gasteiger charge is -2.12. The molecule has 1 heterocycles. The Labute approximate surface area is 116 Å². The molecule has 0 saturated heterocycles. The molecule has 0 fully saturated rings. The fourth-order valence-electron chi connectivity index (χ4n) is 1.68. The van der Waals surface area contributed by atoms with Crippen LogP contribution in [0.2, 0.25) is 0 Å². The number of para-hydroxylation sites is 2. The van der Waals surface area contributed by atoms with Gasteiger partial charge in [-0.3, -0.25) is 4.98 Å². The minimum Gasteiger partial charge on any atom is -0.495 e. The van der Waals surface area contributed by atoms with Gasteiger partial charge in [0.05, 0.1) is 26.1 Å². The van der Waals surface area contributed by atoms with Gasteiger partial charge in [-0.1, -0.05) is 12.1 Å². The number of aromatic nitrogens is 1. The van der Waals surface area contributed by atoms with Crippen LogP contribution in [-0.4, -0.2) is 25.2 Å². The van der Waals surface area contributed by atoms with Crippen molar-refractivity contribution in [3.8, 4) is 11.5 Å². The summed E-state index contributed by atoms with van der Waals surface area (Å²) in [5, 5.41) is 5.37. The molecule has 0 atom stereocenters. The molecule has 6 heteroatoms. The Kier molecular flexibility index (Phi) is 4.39. The van der Waals surface area contributed by atoms with E-state index in [9.17, 15) is 4.79 Å². The monoisotopic (exact) mass is 273 g/mol. The number of methoxy groups -OCH3 is 2. The van der Waals surface area contributed by atoms with Crippen LogP contribution in [0.1, 0.15) is 0 Å². The van der Waals surface area contributed by atoms with Crippen LogP contribution in [0.25, 0.3) is 0 Å². The number of urea groups is 1. The van der Waals surface area contributed by atoms with Crippen LogP contribution in [-0.2, 0) is 0 Å². The average molecular weight is 273 g/mol. The van der Waals surface area contributed by atoms with E-state index in [0.717, 1.165) is 0 Å². The van der Waals surface area contributed by atoms with Crippen molar-refractivity contribution in [2.45, 2.75) is 0 Å². The van der Waals surface area contributed by atoms with E-state index in [1.165, 1.54) is 13.3 Å². The number of carbonyl (C=O) groups is 1. The highest BCUT2D eigenvalue weighted by molar-refractivity contribution is 6.01. The van der Waals surface area contributed by atoms with Crippen LogP contribution < -0.4 is 20.1 Å². The molecule has 0 radical (unpaired) electrons. The number of ether oxygens (including phenoxy) is 2. The van der Waals surface area contributed by atoms with Crippen molar-refractivity contribution in [2.75, 3.05) is 24.9 Å². The lowest BCUT2D eigenvalue weighted by atomic mass is 10.3. The van der Waals surface area contributed by atoms with E-state index in [2.05, 4.69) is 15.6 Å². The fourth-order valence-corrected chi connectivity index (χ4v) is 1.68. The highest BCUT2D eigenvalue weighted by atomic mass is 16.5. The molecule has 2 N–H and O–H groups in total. The maximum absolute atomic E-state index is 12.0. The number of anilines is 2. The van der Waals surface area contributed by atoms with Gasteiger partial charge in [-0.2, -0.15) is 0 Å². The second-order valence-electron chi connectivity index (χ2n) is 3.86. The van der Waals surface area contributed by atoms with Gasteiger partial charge >= 0.3 is 6.03 Å². The number of nitrogens with one attached hydrogen (secondary N) is 2. The highest BCUT2D eigenvalue weighted by Crippen LogP contribution is 2.25. The van der Waals surface area contributed by atoms with Crippen LogP contribution in [0.15, 0.2) is 42.7 Å². The van der Waals surface area contributed by atoms with Crippen molar-refractivity contribution >= 4 is 17.4 Å². The quantitative estimate of drug-likeness (QED) is 0.898. The Balaban J connectivity index is 2.09. The number of nitrogens with zero attached hydrogens (tertiary/aromatic N) is 1. The van der Waals surface area contributed by atoms with Gasteiger partial charge in [0.1, 0.15) is 17.2 Å². The molecule has 2 amide bonds. The topological polar surface area (TPSA) is 72.5 Å². The van der Waals surface area contributed by atoms with Gasteiger partial charge in [-0.05, 0) is 12.1 Å². The van der Waals surface area contributed by atoms with Gasteiger partial charge in [0.25, 0.3) is 0 Å². The predicted octanol–water partition coefficient (Wildman–Crippen LogP) is 2.74. The molecular weight excluding hydrogens is 258 g/mol. The number of benzene rings is 1. The molecule has 20 heavy (non-hydrogen) atoms. The summed E-state index contributed by atoms with van der Waals surface area (Å²) in [7, 11) is 3.07. The van der Waals surface area contributed by atoms with Crippen molar-refractivity contribution in [1.82, 2.24) is 4.98 Å². The van der Waals surface area contributed by atoms with Crippen molar-refractivity contribution in [3.05, 3.63) is 42.7 Å². The summed E-state index contributed by atoms with van der Waals surface area (Å²) >= 11 is 0. The van der Waals surface area contributed by atoms with E-state index < -0.39 is 6.03 Å². The summed E-state index contributed by atoms with van der Waals surface area (Å²) in [5.74, 6) is 1.12. The second kappa shape index (κ2) is 6.42. The number of amides is 2. The zero-order valence-corrected chi connectivity index (χ0v) is 11.2. The molecule has 0 unspecified atom stereocenters. The lowest BCUT2D eigenvalue weighted by Crippen LogP contribution is -2.20. The first-order valence-electron chi connectivity index (χ1n) is 5.93. The highest BCUT2D eigenvalue weighted by Gasteiger charge is 2.09. The summed E-state index contributed by atoms with van der Waals surface area (Å²) < 4.78 is 10.3. The summed E-state index contributed by atoms with van der Waals surface area (Å²) in [6, 6.07) is 8.41. The zero-order valence-electron chi connectivity index (χ0n) is 11.2.